The summed E-state index contributed by atoms with van der Waals surface area (Å²) in [4.78, 5) is 16.1. The summed E-state index contributed by atoms with van der Waals surface area (Å²) in [6, 6.07) is 11.9. The van der Waals surface area contributed by atoms with Crippen LogP contribution < -0.4 is 15.8 Å². The second kappa shape index (κ2) is 5.97. The van der Waals surface area contributed by atoms with Gasteiger partial charge in [-0.25, -0.2) is 4.98 Å². The van der Waals surface area contributed by atoms with E-state index in [4.69, 9.17) is 10.5 Å². The van der Waals surface area contributed by atoms with E-state index in [-0.39, 0.29) is 5.91 Å². The molecule has 0 bridgehead atoms. The fourth-order valence-electron chi connectivity index (χ4n) is 1.67. The van der Waals surface area contributed by atoms with Crippen molar-refractivity contribution in [3.8, 4) is 5.88 Å². The van der Waals surface area contributed by atoms with Gasteiger partial charge in [0.2, 0.25) is 11.8 Å². The maximum absolute atomic E-state index is 12.1. The number of hydrogen-bond acceptors (Lipinski definition) is 4. The van der Waals surface area contributed by atoms with E-state index in [0.717, 1.165) is 5.56 Å². The van der Waals surface area contributed by atoms with Crippen molar-refractivity contribution < 1.29 is 9.53 Å². The van der Waals surface area contributed by atoms with E-state index in [2.05, 4.69) is 10.3 Å². The van der Waals surface area contributed by atoms with Crippen LogP contribution in [0.3, 0.4) is 0 Å². The summed E-state index contributed by atoms with van der Waals surface area (Å²) in [5.41, 5.74) is 7.16. The van der Waals surface area contributed by atoms with Crippen LogP contribution in [0.2, 0.25) is 0 Å². The first-order valence-corrected chi connectivity index (χ1v) is 5.83. The Morgan fingerprint density at radius 3 is 2.68 bits per heavy atom. The number of amides is 1. The summed E-state index contributed by atoms with van der Waals surface area (Å²) in [6.45, 7) is 0. The molecule has 1 amide bonds. The molecule has 1 aromatic carbocycles. The van der Waals surface area contributed by atoms with Crippen molar-refractivity contribution in [1.82, 2.24) is 4.98 Å². The Hall–Kier alpha value is -2.40. The molecule has 1 aromatic heterocycles. The van der Waals surface area contributed by atoms with Crippen molar-refractivity contribution in [2.24, 2.45) is 5.73 Å². The first kappa shape index (κ1) is 13.0. The van der Waals surface area contributed by atoms with Crippen LogP contribution in [0.4, 0.5) is 5.69 Å². The van der Waals surface area contributed by atoms with Crippen molar-refractivity contribution in [3.63, 3.8) is 0 Å². The average Bonchev–Trinajstić information content (AvgIpc) is 2.48. The van der Waals surface area contributed by atoms with Gasteiger partial charge in [-0.3, -0.25) is 4.79 Å². The highest BCUT2D eigenvalue weighted by Crippen LogP contribution is 2.21. The molecule has 0 spiro atoms. The zero-order chi connectivity index (χ0) is 13.7. The summed E-state index contributed by atoms with van der Waals surface area (Å²) in [7, 11) is 1.50. The van der Waals surface area contributed by atoms with Crippen LogP contribution in [-0.4, -0.2) is 18.0 Å². The first-order valence-electron chi connectivity index (χ1n) is 5.83. The second-order valence-electron chi connectivity index (χ2n) is 3.94. The number of nitrogens with zero attached hydrogens (tertiary/aromatic N) is 1. The van der Waals surface area contributed by atoms with Gasteiger partial charge in [0, 0.05) is 6.20 Å². The van der Waals surface area contributed by atoms with Gasteiger partial charge in [0.25, 0.3) is 0 Å². The minimum Gasteiger partial charge on any atom is -0.480 e. The highest BCUT2D eigenvalue weighted by atomic mass is 16.5. The molecule has 3 N–H and O–H groups in total. The molecule has 2 rings (SSSR count). The Balaban J connectivity index is 2.13. The quantitative estimate of drug-likeness (QED) is 0.874. The molecule has 0 saturated heterocycles. The van der Waals surface area contributed by atoms with E-state index >= 15 is 0 Å². The second-order valence-corrected chi connectivity index (χ2v) is 3.94. The van der Waals surface area contributed by atoms with Crippen LogP contribution in [0.1, 0.15) is 11.6 Å². The predicted molar refractivity (Wildman–Crippen MR) is 72.8 cm³/mol. The number of nitrogens with one attached hydrogen (secondary N) is 1. The number of carbonyl (C=O) groups excluding carboxylic acids is 1. The Morgan fingerprint density at radius 1 is 1.26 bits per heavy atom. The standard InChI is InChI=1S/C14H15N3O2/c1-19-14-11(8-5-9-16-14)17-13(18)12(15)10-6-3-2-4-7-10/h2-9,12H,15H2,1H3,(H,17,18)/t12-/m0/s1. The van der Waals surface area contributed by atoms with Crippen LogP contribution in [0.5, 0.6) is 5.88 Å². The Bertz CT molecular complexity index is 558. The minimum absolute atomic E-state index is 0.308. The molecule has 0 aliphatic rings. The number of pyridine rings is 1. The lowest BCUT2D eigenvalue weighted by Gasteiger charge is -2.13. The number of aromatic nitrogens is 1. The number of carbonyl (C=O) groups is 1. The number of benzene rings is 1. The molecule has 0 radical (unpaired) electrons. The third-order valence-electron chi connectivity index (χ3n) is 2.66. The van der Waals surface area contributed by atoms with Gasteiger partial charge < -0.3 is 15.8 Å². The number of methoxy groups -OCH3 is 1. The number of anilines is 1. The lowest BCUT2D eigenvalue weighted by atomic mass is 10.1. The predicted octanol–water partition coefficient (Wildman–Crippen LogP) is 1.73. The minimum atomic E-state index is -0.730. The first-order chi connectivity index (χ1) is 9.22. The third kappa shape index (κ3) is 3.08. The largest absolute Gasteiger partial charge is 0.480 e. The van der Waals surface area contributed by atoms with Crippen molar-refractivity contribution in [3.05, 3.63) is 54.2 Å². The fraction of sp³-hybridized carbons (Fsp3) is 0.143. The molecule has 1 heterocycles. The van der Waals surface area contributed by atoms with E-state index in [0.29, 0.717) is 11.6 Å². The molecule has 1 atom stereocenters. The highest BCUT2D eigenvalue weighted by Gasteiger charge is 2.17. The van der Waals surface area contributed by atoms with Crippen molar-refractivity contribution >= 4 is 11.6 Å². The molecular formula is C14H15N3O2. The van der Waals surface area contributed by atoms with Gasteiger partial charge in [-0.1, -0.05) is 30.3 Å². The van der Waals surface area contributed by atoms with Gasteiger partial charge in [-0.15, -0.1) is 0 Å². The van der Waals surface area contributed by atoms with Crippen LogP contribution in [-0.2, 0) is 4.79 Å². The zero-order valence-corrected chi connectivity index (χ0v) is 10.5. The van der Waals surface area contributed by atoms with Gasteiger partial charge >= 0.3 is 0 Å². The van der Waals surface area contributed by atoms with Crippen LogP contribution >= 0.6 is 0 Å². The molecule has 0 aliphatic carbocycles. The number of hydrogen-bond donors (Lipinski definition) is 2. The molecule has 0 fully saturated rings. The van der Waals surface area contributed by atoms with Gasteiger partial charge in [-0.05, 0) is 17.7 Å². The molecule has 5 nitrogen and oxygen atoms in total. The molecule has 19 heavy (non-hydrogen) atoms. The Morgan fingerprint density at radius 2 is 2.00 bits per heavy atom. The summed E-state index contributed by atoms with van der Waals surface area (Å²) in [5, 5.41) is 2.71. The molecule has 0 unspecified atom stereocenters. The van der Waals surface area contributed by atoms with E-state index in [1.54, 1.807) is 18.3 Å². The van der Waals surface area contributed by atoms with Crippen molar-refractivity contribution in [1.29, 1.82) is 0 Å². The highest BCUT2D eigenvalue weighted by molar-refractivity contribution is 5.96. The lowest BCUT2D eigenvalue weighted by molar-refractivity contribution is -0.117. The van der Waals surface area contributed by atoms with Crippen LogP contribution in [0.15, 0.2) is 48.7 Å². The van der Waals surface area contributed by atoms with E-state index in [1.807, 2.05) is 30.3 Å². The third-order valence-corrected chi connectivity index (χ3v) is 2.66. The maximum atomic E-state index is 12.1. The zero-order valence-electron chi connectivity index (χ0n) is 10.5. The lowest BCUT2D eigenvalue weighted by Crippen LogP contribution is -2.27. The summed E-state index contributed by atoms with van der Waals surface area (Å²) in [5.74, 6) is 0.0496. The summed E-state index contributed by atoms with van der Waals surface area (Å²) < 4.78 is 5.07. The molecule has 5 heteroatoms. The monoisotopic (exact) mass is 257 g/mol. The van der Waals surface area contributed by atoms with Gasteiger partial charge in [-0.2, -0.15) is 0 Å². The molecular weight excluding hydrogens is 242 g/mol. The smallest absolute Gasteiger partial charge is 0.246 e. The fourth-order valence-corrected chi connectivity index (χ4v) is 1.67. The topological polar surface area (TPSA) is 77.2 Å². The van der Waals surface area contributed by atoms with E-state index in [9.17, 15) is 4.79 Å². The van der Waals surface area contributed by atoms with Crippen LogP contribution in [0, 0.1) is 0 Å². The molecule has 0 aliphatic heterocycles. The Labute approximate surface area is 111 Å². The van der Waals surface area contributed by atoms with E-state index < -0.39 is 6.04 Å². The van der Waals surface area contributed by atoms with Crippen molar-refractivity contribution in [2.75, 3.05) is 12.4 Å². The summed E-state index contributed by atoms with van der Waals surface area (Å²) >= 11 is 0. The average molecular weight is 257 g/mol. The van der Waals surface area contributed by atoms with Gasteiger partial charge in [0.15, 0.2) is 0 Å². The number of ether oxygens (including phenoxy) is 1. The SMILES string of the molecule is COc1ncccc1NC(=O)[C@@H](N)c1ccccc1. The van der Waals surface area contributed by atoms with Crippen LogP contribution in [0.25, 0.3) is 0 Å². The van der Waals surface area contributed by atoms with Gasteiger partial charge in [0.05, 0.1) is 7.11 Å². The molecule has 0 saturated carbocycles. The summed E-state index contributed by atoms with van der Waals surface area (Å²) in [6.07, 6.45) is 1.59. The maximum Gasteiger partial charge on any atom is 0.246 e. The van der Waals surface area contributed by atoms with Crippen molar-refractivity contribution in [2.45, 2.75) is 6.04 Å². The molecule has 98 valence electrons. The normalized spacial score (nSPS) is 11.7. The number of nitrogens with two attached hydrogens (primary N) is 1. The van der Waals surface area contributed by atoms with Gasteiger partial charge in [0.1, 0.15) is 11.7 Å². The number of rotatable bonds is 4. The van der Waals surface area contributed by atoms with E-state index in [1.165, 1.54) is 7.11 Å². The Kier molecular flexibility index (Phi) is 4.10. The molecule has 2 aromatic rings.